The second-order valence-electron chi connectivity index (χ2n) is 3.03. The highest BCUT2D eigenvalue weighted by Crippen LogP contribution is 2.54. The van der Waals surface area contributed by atoms with Crippen LogP contribution in [-0.4, -0.2) is 9.76 Å². The Bertz CT molecular complexity index is 426. The van der Waals surface area contributed by atoms with Gasteiger partial charge in [-0.15, -0.1) is 0 Å². The summed E-state index contributed by atoms with van der Waals surface area (Å²) in [5.74, 6) is -0.591. The van der Waals surface area contributed by atoms with E-state index in [9.17, 15) is 4.79 Å². The van der Waals surface area contributed by atoms with Crippen molar-refractivity contribution < 1.29 is 9.53 Å². The van der Waals surface area contributed by atoms with E-state index in [1.807, 2.05) is 0 Å². The summed E-state index contributed by atoms with van der Waals surface area (Å²) >= 11 is 23.1. The molecule has 0 fully saturated rings. The molecule has 6 heteroatoms. The average molecular weight is 286 g/mol. The number of cyclic esters (lactones) is 1. The van der Waals surface area contributed by atoms with Crippen molar-refractivity contribution in [3.8, 4) is 0 Å². The number of benzene rings is 1. The molecule has 0 aliphatic carbocycles. The minimum atomic E-state index is -1.92. The first-order chi connectivity index (χ1) is 6.86. The number of fused-ring (bicyclic) bond motifs is 1. The van der Waals surface area contributed by atoms with E-state index < -0.39 is 14.8 Å². The SMILES string of the molecule is O=C1O[C@](Cl)(C(Cl)(Cl)Cl)c2ccccc21. The third kappa shape index (κ3) is 1.60. The predicted octanol–water partition coefficient (Wildman–Crippen LogP) is 3.62. The van der Waals surface area contributed by atoms with Crippen molar-refractivity contribution in [2.75, 3.05) is 0 Å². The van der Waals surface area contributed by atoms with Crippen LogP contribution >= 0.6 is 46.4 Å². The Morgan fingerprint density at radius 2 is 1.80 bits per heavy atom. The van der Waals surface area contributed by atoms with Crippen LogP contribution < -0.4 is 0 Å². The molecule has 0 spiro atoms. The lowest BCUT2D eigenvalue weighted by Crippen LogP contribution is -2.34. The first-order valence-electron chi connectivity index (χ1n) is 3.95. The molecule has 1 atom stereocenters. The molecule has 15 heavy (non-hydrogen) atoms. The zero-order valence-electron chi connectivity index (χ0n) is 7.14. The van der Waals surface area contributed by atoms with Crippen LogP contribution in [0.2, 0.25) is 0 Å². The molecule has 80 valence electrons. The van der Waals surface area contributed by atoms with Crippen LogP contribution in [0.5, 0.6) is 0 Å². The van der Waals surface area contributed by atoms with E-state index in [0.29, 0.717) is 11.1 Å². The molecular formula is C9H4Cl4O2. The van der Waals surface area contributed by atoms with Crippen LogP contribution in [0, 0.1) is 0 Å². The molecule has 2 rings (SSSR count). The van der Waals surface area contributed by atoms with Crippen LogP contribution in [-0.2, 0) is 9.80 Å². The zero-order valence-corrected chi connectivity index (χ0v) is 10.2. The fourth-order valence-electron chi connectivity index (χ4n) is 1.39. The van der Waals surface area contributed by atoms with Gasteiger partial charge in [0.1, 0.15) is 0 Å². The molecule has 0 saturated carbocycles. The number of esters is 1. The maximum absolute atomic E-state index is 11.4. The van der Waals surface area contributed by atoms with Gasteiger partial charge in [0.15, 0.2) is 0 Å². The maximum Gasteiger partial charge on any atom is 0.340 e. The van der Waals surface area contributed by atoms with E-state index in [4.69, 9.17) is 51.1 Å². The summed E-state index contributed by atoms with van der Waals surface area (Å²) in [6, 6.07) is 6.53. The third-order valence-electron chi connectivity index (χ3n) is 2.09. The first kappa shape index (κ1) is 11.3. The number of alkyl halides is 4. The lowest BCUT2D eigenvalue weighted by atomic mass is 10.1. The Labute approximate surface area is 106 Å². The number of hydrogen-bond donors (Lipinski definition) is 0. The number of rotatable bonds is 0. The number of ether oxygens (including phenoxy) is 1. The molecule has 0 saturated heterocycles. The molecule has 1 heterocycles. The molecule has 0 amide bonds. The van der Waals surface area contributed by atoms with Crippen molar-refractivity contribution >= 4 is 52.4 Å². The fraction of sp³-hybridized carbons (Fsp3) is 0.222. The molecule has 0 unspecified atom stereocenters. The van der Waals surface area contributed by atoms with Gasteiger partial charge in [-0.25, -0.2) is 4.79 Å². The van der Waals surface area contributed by atoms with Crippen LogP contribution in [0.25, 0.3) is 0 Å². The van der Waals surface area contributed by atoms with E-state index in [-0.39, 0.29) is 0 Å². The summed E-state index contributed by atoms with van der Waals surface area (Å²) < 4.78 is 2.99. The Kier molecular flexibility index (Phi) is 2.59. The van der Waals surface area contributed by atoms with E-state index in [2.05, 4.69) is 0 Å². The molecule has 2 nitrogen and oxygen atoms in total. The van der Waals surface area contributed by atoms with Crippen LogP contribution in [0.15, 0.2) is 24.3 Å². The standard InChI is InChI=1S/C9H4Cl4O2/c10-8(9(11,12)13)6-4-2-1-3-5(6)7(14)15-8/h1-4H/t8-/m0/s1. The Morgan fingerprint density at radius 3 is 2.40 bits per heavy atom. The van der Waals surface area contributed by atoms with E-state index in [0.717, 1.165) is 0 Å². The van der Waals surface area contributed by atoms with Crippen LogP contribution in [0.3, 0.4) is 0 Å². The van der Waals surface area contributed by atoms with Gasteiger partial charge in [-0.1, -0.05) is 64.6 Å². The van der Waals surface area contributed by atoms with Gasteiger partial charge in [0.05, 0.1) is 5.56 Å². The summed E-state index contributed by atoms with van der Waals surface area (Å²) in [5.41, 5.74) is 0.690. The second kappa shape index (κ2) is 3.42. The van der Waals surface area contributed by atoms with Crippen molar-refractivity contribution in [3.05, 3.63) is 35.4 Å². The molecule has 1 aromatic rings. The predicted molar refractivity (Wildman–Crippen MR) is 59.7 cm³/mol. The maximum atomic E-state index is 11.4. The van der Waals surface area contributed by atoms with E-state index in [1.54, 1.807) is 24.3 Å². The van der Waals surface area contributed by atoms with Gasteiger partial charge in [0.2, 0.25) is 3.79 Å². The highest BCUT2D eigenvalue weighted by molar-refractivity contribution is 6.70. The van der Waals surface area contributed by atoms with Gasteiger partial charge in [0, 0.05) is 5.56 Å². The first-order valence-corrected chi connectivity index (χ1v) is 5.46. The van der Waals surface area contributed by atoms with Gasteiger partial charge in [-0.2, -0.15) is 0 Å². The quantitative estimate of drug-likeness (QED) is 0.538. The number of carbonyl (C=O) groups is 1. The van der Waals surface area contributed by atoms with E-state index in [1.165, 1.54) is 0 Å². The smallest absolute Gasteiger partial charge is 0.340 e. The summed E-state index contributed by atoms with van der Waals surface area (Å²) in [6.45, 7) is 0. The molecular weight excluding hydrogens is 282 g/mol. The van der Waals surface area contributed by atoms with Crippen molar-refractivity contribution in [1.29, 1.82) is 0 Å². The van der Waals surface area contributed by atoms with Crippen molar-refractivity contribution in [1.82, 2.24) is 0 Å². The molecule has 1 aliphatic rings. The number of halogens is 4. The van der Waals surface area contributed by atoms with Gasteiger partial charge < -0.3 is 4.74 Å². The topological polar surface area (TPSA) is 26.3 Å². The van der Waals surface area contributed by atoms with E-state index >= 15 is 0 Å². The van der Waals surface area contributed by atoms with Gasteiger partial charge in [0.25, 0.3) is 5.06 Å². The lowest BCUT2D eigenvalue weighted by molar-refractivity contribution is 0.0274. The second-order valence-corrected chi connectivity index (χ2v) is 5.84. The number of hydrogen-bond acceptors (Lipinski definition) is 2. The summed E-state index contributed by atoms with van der Waals surface area (Å²) in [6.07, 6.45) is 0. The molecule has 0 bridgehead atoms. The Morgan fingerprint density at radius 1 is 1.20 bits per heavy atom. The van der Waals surface area contributed by atoms with Crippen LogP contribution in [0.1, 0.15) is 15.9 Å². The Balaban J connectivity index is 2.63. The molecule has 0 aromatic heterocycles. The highest BCUT2D eigenvalue weighted by Gasteiger charge is 2.57. The Hall–Kier alpha value is -0.150. The fourth-order valence-corrected chi connectivity index (χ4v) is 2.05. The zero-order chi connectivity index (χ0) is 11.3. The number of carbonyl (C=O) groups excluding carboxylic acids is 1. The minimum absolute atomic E-state index is 0.318. The monoisotopic (exact) mass is 284 g/mol. The van der Waals surface area contributed by atoms with Crippen molar-refractivity contribution in [2.24, 2.45) is 0 Å². The highest BCUT2D eigenvalue weighted by atomic mass is 35.6. The molecule has 0 radical (unpaired) electrons. The molecule has 1 aromatic carbocycles. The van der Waals surface area contributed by atoms with Crippen molar-refractivity contribution in [2.45, 2.75) is 8.85 Å². The molecule has 1 aliphatic heterocycles. The summed E-state index contributed by atoms with van der Waals surface area (Å²) in [4.78, 5) is 11.4. The third-order valence-corrected chi connectivity index (χ3v) is 3.74. The van der Waals surface area contributed by atoms with Gasteiger partial charge in [-0.3, -0.25) is 0 Å². The minimum Gasteiger partial charge on any atom is -0.430 e. The lowest BCUT2D eigenvalue weighted by Gasteiger charge is -2.28. The normalized spacial score (nSPS) is 24.9. The summed E-state index contributed by atoms with van der Waals surface area (Å²) in [7, 11) is 0. The van der Waals surface area contributed by atoms with Crippen molar-refractivity contribution in [3.63, 3.8) is 0 Å². The van der Waals surface area contributed by atoms with Gasteiger partial charge >= 0.3 is 5.97 Å². The average Bonchev–Trinajstić information content (AvgIpc) is 2.41. The summed E-state index contributed by atoms with van der Waals surface area (Å²) in [5, 5.41) is -1.74. The molecule has 0 N–H and O–H groups in total. The van der Waals surface area contributed by atoms with Gasteiger partial charge in [-0.05, 0) is 6.07 Å². The largest absolute Gasteiger partial charge is 0.430 e. The van der Waals surface area contributed by atoms with Crippen LogP contribution in [0.4, 0.5) is 0 Å².